The van der Waals surface area contributed by atoms with Gasteiger partial charge < -0.3 is 5.11 Å². The number of azo groups is 1. The second-order valence-corrected chi connectivity index (χ2v) is 5.13. The van der Waals surface area contributed by atoms with Crippen molar-refractivity contribution in [3.05, 3.63) is 59.9 Å². The first kappa shape index (κ1) is 16.6. The Morgan fingerprint density at radius 3 is 2.68 bits per heavy atom. The van der Waals surface area contributed by atoms with Crippen molar-refractivity contribution in [3.63, 3.8) is 0 Å². The molecule has 3 aromatic rings. The normalized spacial score (nSPS) is 12.1. The van der Waals surface area contributed by atoms with E-state index in [2.05, 4.69) is 15.2 Å². The van der Waals surface area contributed by atoms with Crippen molar-refractivity contribution in [2.75, 3.05) is 0 Å². The molecule has 9 heteroatoms. The number of fused-ring (bicyclic) bond motifs is 1. The van der Waals surface area contributed by atoms with E-state index in [1.807, 2.05) is 0 Å². The number of aromatic nitrogens is 2. The number of hydrogen-bond donors (Lipinski definition) is 1. The molecule has 0 aliphatic rings. The van der Waals surface area contributed by atoms with E-state index in [0.717, 1.165) is 12.1 Å². The number of carboxylic acid groups (broad SMARTS) is 1. The molecule has 0 bridgehead atoms. The van der Waals surface area contributed by atoms with Gasteiger partial charge in [-0.3, -0.25) is 9.20 Å². The minimum Gasteiger partial charge on any atom is -0.481 e. The molecule has 0 aliphatic carbocycles. The molecule has 1 N–H and O–H groups in total. The lowest BCUT2D eigenvalue weighted by atomic mass is 10.2. The molecule has 2 aromatic heterocycles. The SMILES string of the molecule is O=C(O)Cc1nc2ccccn2c1N=Nc1cccc(C(F)(F)F)c1. The lowest BCUT2D eigenvalue weighted by Crippen LogP contribution is -2.03. The summed E-state index contributed by atoms with van der Waals surface area (Å²) in [5.41, 5.74) is -0.194. The van der Waals surface area contributed by atoms with Crippen molar-refractivity contribution in [2.24, 2.45) is 10.2 Å². The lowest BCUT2D eigenvalue weighted by molar-refractivity contribution is -0.138. The van der Waals surface area contributed by atoms with E-state index in [4.69, 9.17) is 5.11 Å². The Labute approximate surface area is 139 Å². The summed E-state index contributed by atoms with van der Waals surface area (Å²) in [6.45, 7) is 0. The van der Waals surface area contributed by atoms with E-state index in [1.165, 1.54) is 16.5 Å². The third kappa shape index (κ3) is 3.65. The van der Waals surface area contributed by atoms with Crippen molar-refractivity contribution in [2.45, 2.75) is 12.6 Å². The van der Waals surface area contributed by atoms with Gasteiger partial charge in [-0.05, 0) is 30.3 Å². The van der Waals surface area contributed by atoms with Crippen LogP contribution in [0.1, 0.15) is 11.3 Å². The molecule has 0 atom stereocenters. The fourth-order valence-corrected chi connectivity index (χ4v) is 2.25. The predicted octanol–water partition coefficient (Wildman–Crippen LogP) is 4.40. The van der Waals surface area contributed by atoms with E-state index >= 15 is 0 Å². The Hall–Kier alpha value is -3.23. The van der Waals surface area contributed by atoms with Crippen molar-refractivity contribution < 1.29 is 23.1 Å². The second-order valence-electron chi connectivity index (χ2n) is 5.13. The van der Waals surface area contributed by atoms with Gasteiger partial charge in [-0.2, -0.15) is 13.2 Å². The number of pyridine rings is 1. The molecule has 1 aromatic carbocycles. The van der Waals surface area contributed by atoms with Gasteiger partial charge in [-0.1, -0.05) is 12.1 Å². The average Bonchev–Trinajstić information content (AvgIpc) is 2.89. The zero-order chi connectivity index (χ0) is 18.0. The highest BCUT2D eigenvalue weighted by Gasteiger charge is 2.30. The van der Waals surface area contributed by atoms with E-state index in [0.29, 0.717) is 5.65 Å². The van der Waals surface area contributed by atoms with E-state index in [-0.39, 0.29) is 23.6 Å². The van der Waals surface area contributed by atoms with E-state index in [9.17, 15) is 18.0 Å². The Morgan fingerprint density at radius 1 is 1.16 bits per heavy atom. The first-order valence-electron chi connectivity index (χ1n) is 7.11. The summed E-state index contributed by atoms with van der Waals surface area (Å²) in [5, 5.41) is 16.7. The highest BCUT2D eigenvalue weighted by atomic mass is 19.4. The zero-order valence-corrected chi connectivity index (χ0v) is 12.6. The smallest absolute Gasteiger partial charge is 0.416 e. The van der Waals surface area contributed by atoms with Gasteiger partial charge in [0.1, 0.15) is 5.65 Å². The van der Waals surface area contributed by atoms with Crippen LogP contribution in [0.25, 0.3) is 5.65 Å². The summed E-state index contributed by atoms with van der Waals surface area (Å²) in [7, 11) is 0. The molecule has 25 heavy (non-hydrogen) atoms. The molecule has 0 fully saturated rings. The molecular weight excluding hydrogens is 337 g/mol. The summed E-state index contributed by atoms with van der Waals surface area (Å²) in [4.78, 5) is 15.2. The van der Waals surface area contributed by atoms with E-state index in [1.54, 1.807) is 24.4 Å². The zero-order valence-electron chi connectivity index (χ0n) is 12.6. The maximum absolute atomic E-state index is 12.7. The number of hydrogen-bond acceptors (Lipinski definition) is 4. The van der Waals surface area contributed by atoms with Crippen LogP contribution in [0.3, 0.4) is 0 Å². The van der Waals surface area contributed by atoms with Crippen LogP contribution in [-0.2, 0) is 17.4 Å². The molecular formula is C16H11F3N4O2. The number of aliphatic carboxylic acids is 1. The van der Waals surface area contributed by atoms with Crippen LogP contribution < -0.4 is 0 Å². The number of benzene rings is 1. The Kier molecular flexibility index (Phi) is 4.22. The quantitative estimate of drug-likeness (QED) is 0.710. The van der Waals surface area contributed by atoms with Gasteiger partial charge in [0.25, 0.3) is 0 Å². The fourth-order valence-electron chi connectivity index (χ4n) is 2.25. The standard InChI is InChI=1S/C16H11F3N4O2/c17-16(18,19)10-4-3-5-11(8-10)21-22-15-12(9-14(24)25)20-13-6-1-2-7-23(13)15/h1-8H,9H2,(H,24,25). The summed E-state index contributed by atoms with van der Waals surface area (Å²) in [6.07, 6.45) is -3.24. The third-order valence-electron chi connectivity index (χ3n) is 3.33. The van der Waals surface area contributed by atoms with Gasteiger partial charge in [0.2, 0.25) is 0 Å². The topological polar surface area (TPSA) is 79.3 Å². The molecule has 6 nitrogen and oxygen atoms in total. The van der Waals surface area contributed by atoms with Crippen LogP contribution in [0.2, 0.25) is 0 Å². The van der Waals surface area contributed by atoms with Crippen LogP contribution in [-0.4, -0.2) is 20.5 Å². The Morgan fingerprint density at radius 2 is 1.96 bits per heavy atom. The molecule has 0 amide bonds. The lowest BCUT2D eigenvalue weighted by Gasteiger charge is -2.06. The Bertz CT molecular complexity index is 963. The highest BCUT2D eigenvalue weighted by molar-refractivity contribution is 5.72. The van der Waals surface area contributed by atoms with Crippen molar-refractivity contribution in [3.8, 4) is 0 Å². The van der Waals surface area contributed by atoms with Crippen LogP contribution in [0.5, 0.6) is 0 Å². The van der Waals surface area contributed by atoms with Gasteiger partial charge in [0, 0.05) is 6.20 Å². The minimum atomic E-state index is -4.48. The molecule has 0 unspecified atom stereocenters. The van der Waals surface area contributed by atoms with Crippen LogP contribution in [0.15, 0.2) is 58.9 Å². The Balaban J connectivity index is 2.02. The van der Waals surface area contributed by atoms with Crippen molar-refractivity contribution >= 4 is 23.1 Å². The molecule has 2 heterocycles. The van der Waals surface area contributed by atoms with Gasteiger partial charge in [-0.25, -0.2) is 4.98 Å². The summed E-state index contributed by atoms with van der Waals surface area (Å²) in [5.74, 6) is -0.936. The molecule has 0 spiro atoms. The first-order valence-corrected chi connectivity index (χ1v) is 7.11. The summed E-state index contributed by atoms with van der Waals surface area (Å²) < 4.78 is 39.8. The van der Waals surface area contributed by atoms with Gasteiger partial charge in [0.15, 0.2) is 5.82 Å². The molecule has 3 rings (SSSR count). The number of imidazole rings is 1. The van der Waals surface area contributed by atoms with Gasteiger partial charge in [0.05, 0.1) is 23.4 Å². The van der Waals surface area contributed by atoms with Crippen LogP contribution in [0, 0.1) is 0 Å². The maximum atomic E-state index is 12.7. The largest absolute Gasteiger partial charge is 0.481 e. The molecule has 128 valence electrons. The number of rotatable bonds is 4. The number of alkyl halides is 3. The highest BCUT2D eigenvalue weighted by Crippen LogP contribution is 2.32. The minimum absolute atomic E-state index is 0.00183. The van der Waals surface area contributed by atoms with Crippen molar-refractivity contribution in [1.82, 2.24) is 9.38 Å². The third-order valence-corrected chi connectivity index (χ3v) is 3.33. The van der Waals surface area contributed by atoms with Crippen molar-refractivity contribution in [1.29, 1.82) is 0 Å². The van der Waals surface area contributed by atoms with Gasteiger partial charge in [-0.15, -0.1) is 10.2 Å². The molecule has 0 aliphatic heterocycles. The van der Waals surface area contributed by atoms with Crippen LogP contribution >= 0.6 is 0 Å². The number of nitrogens with zero attached hydrogens (tertiary/aromatic N) is 4. The van der Waals surface area contributed by atoms with E-state index < -0.39 is 17.7 Å². The summed E-state index contributed by atoms with van der Waals surface area (Å²) >= 11 is 0. The number of halogens is 3. The molecule has 0 saturated heterocycles. The maximum Gasteiger partial charge on any atom is 0.416 e. The predicted molar refractivity (Wildman–Crippen MR) is 82.2 cm³/mol. The first-order chi connectivity index (χ1) is 11.8. The average molecular weight is 348 g/mol. The monoisotopic (exact) mass is 348 g/mol. The molecule has 0 saturated carbocycles. The number of carbonyl (C=O) groups is 1. The van der Waals surface area contributed by atoms with Crippen LogP contribution in [0.4, 0.5) is 24.7 Å². The number of carboxylic acids is 1. The summed E-state index contributed by atoms with van der Waals surface area (Å²) in [6, 6.07) is 9.48. The molecule has 0 radical (unpaired) electrons. The fraction of sp³-hybridized carbons (Fsp3) is 0.125. The second kappa shape index (κ2) is 6.34. The van der Waals surface area contributed by atoms with Gasteiger partial charge >= 0.3 is 12.1 Å².